The zero-order chi connectivity index (χ0) is 27.8. The lowest BCUT2D eigenvalue weighted by Crippen LogP contribution is -2.50. The molecule has 0 radical (unpaired) electrons. The summed E-state index contributed by atoms with van der Waals surface area (Å²) in [5, 5.41) is 0. The molecular weight excluding hydrogens is 508 g/mol. The maximum absolute atomic E-state index is 13.3. The summed E-state index contributed by atoms with van der Waals surface area (Å²) in [4.78, 5) is 47.5. The molecule has 208 valence electrons. The molecule has 3 amide bonds. The summed E-state index contributed by atoms with van der Waals surface area (Å²) >= 11 is 0. The molecule has 40 heavy (non-hydrogen) atoms. The minimum Gasteiger partial charge on any atom is -0.484 e. The highest BCUT2D eigenvalue weighted by molar-refractivity contribution is 5.92. The van der Waals surface area contributed by atoms with Crippen LogP contribution in [-0.2, 0) is 22.6 Å². The summed E-state index contributed by atoms with van der Waals surface area (Å²) in [6.45, 7) is 6.35. The van der Waals surface area contributed by atoms with Gasteiger partial charge in [0, 0.05) is 45.6 Å². The molecule has 0 spiro atoms. The van der Waals surface area contributed by atoms with E-state index in [9.17, 15) is 14.4 Å². The standard InChI is InChI=1S/C31H34N4O5/c1-20-4-3-5-24(16-20)29-26-17-25(9-8-22(26)10-11-35(29)30(37)23-6-7-23)39-19-28-32-27(18-40-28)31(38)34-14-12-33(13-15-34)21(2)36/h3-5,8-9,16-18,23,29H,6-7,10-15,19H2,1-2H3/t29-/m0/s1. The van der Waals surface area contributed by atoms with Crippen molar-refractivity contribution in [3.05, 3.63) is 82.6 Å². The van der Waals surface area contributed by atoms with Crippen LogP contribution in [0.5, 0.6) is 5.75 Å². The molecule has 1 atom stereocenters. The minimum absolute atomic E-state index is 0.0163. The van der Waals surface area contributed by atoms with Crippen molar-refractivity contribution in [2.45, 2.75) is 45.8 Å². The number of oxazole rings is 1. The van der Waals surface area contributed by atoms with E-state index in [1.54, 1.807) is 9.80 Å². The van der Waals surface area contributed by atoms with E-state index in [0.29, 0.717) is 44.4 Å². The molecule has 2 aliphatic heterocycles. The van der Waals surface area contributed by atoms with Crippen LogP contribution < -0.4 is 4.74 Å². The van der Waals surface area contributed by atoms with Crippen molar-refractivity contribution >= 4 is 17.7 Å². The SMILES string of the molecule is CC(=O)N1CCN(C(=O)c2coc(COc3ccc4c(c3)[C@H](c3cccc(C)c3)N(C(=O)C3CC3)CC4)n2)CC1. The molecule has 9 nitrogen and oxygen atoms in total. The van der Waals surface area contributed by atoms with E-state index in [1.165, 1.54) is 18.8 Å². The van der Waals surface area contributed by atoms with Crippen LogP contribution in [0.15, 0.2) is 53.1 Å². The Hall–Kier alpha value is -4.14. The monoisotopic (exact) mass is 542 g/mol. The van der Waals surface area contributed by atoms with Crippen molar-refractivity contribution in [2.75, 3.05) is 32.7 Å². The van der Waals surface area contributed by atoms with E-state index >= 15 is 0 Å². The number of benzene rings is 2. The number of aromatic nitrogens is 1. The van der Waals surface area contributed by atoms with E-state index in [0.717, 1.165) is 36.0 Å². The number of amides is 3. The smallest absolute Gasteiger partial charge is 0.275 e. The number of hydrogen-bond donors (Lipinski definition) is 0. The Labute approximate surface area is 233 Å². The van der Waals surface area contributed by atoms with Gasteiger partial charge in [-0.1, -0.05) is 35.9 Å². The van der Waals surface area contributed by atoms with Gasteiger partial charge in [0.15, 0.2) is 12.3 Å². The van der Waals surface area contributed by atoms with Gasteiger partial charge in [0.2, 0.25) is 17.7 Å². The number of aryl methyl sites for hydroxylation is 1. The predicted octanol–water partition coefficient (Wildman–Crippen LogP) is 3.75. The maximum Gasteiger partial charge on any atom is 0.275 e. The molecule has 3 aromatic rings. The van der Waals surface area contributed by atoms with Crippen LogP contribution in [-0.4, -0.2) is 70.1 Å². The zero-order valence-corrected chi connectivity index (χ0v) is 23.0. The fraction of sp³-hybridized carbons (Fsp3) is 0.419. The zero-order valence-electron chi connectivity index (χ0n) is 23.0. The minimum atomic E-state index is -0.214. The van der Waals surface area contributed by atoms with Gasteiger partial charge in [0.25, 0.3) is 5.91 Å². The van der Waals surface area contributed by atoms with E-state index in [1.807, 2.05) is 23.1 Å². The molecule has 3 heterocycles. The Morgan fingerprint density at radius 1 is 1.00 bits per heavy atom. The second-order valence-corrected chi connectivity index (χ2v) is 10.9. The lowest BCUT2D eigenvalue weighted by atomic mass is 9.87. The molecule has 6 rings (SSSR count). The average Bonchev–Trinajstić information content (AvgIpc) is 3.72. The summed E-state index contributed by atoms with van der Waals surface area (Å²) in [5.74, 6) is 1.15. The molecule has 2 aromatic carbocycles. The van der Waals surface area contributed by atoms with Gasteiger partial charge < -0.3 is 23.9 Å². The van der Waals surface area contributed by atoms with Crippen molar-refractivity contribution in [1.29, 1.82) is 0 Å². The van der Waals surface area contributed by atoms with Gasteiger partial charge in [-0.2, -0.15) is 0 Å². The van der Waals surface area contributed by atoms with Crippen molar-refractivity contribution in [2.24, 2.45) is 5.92 Å². The van der Waals surface area contributed by atoms with Crippen LogP contribution in [0.2, 0.25) is 0 Å². The summed E-state index contributed by atoms with van der Waals surface area (Å²) in [6, 6.07) is 14.3. The lowest BCUT2D eigenvalue weighted by Gasteiger charge is -2.38. The fourth-order valence-corrected chi connectivity index (χ4v) is 5.69. The first-order chi connectivity index (χ1) is 19.4. The van der Waals surface area contributed by atoms with E-state index in [4.69, 9.17) is 9.15 Å². The number of hydrogen-bond acceptors (Lipinski definition) is 6. The molecule has 1 saturated carbocycles. The Morgan fingerprint density at radius 2 is 1.77 bits per heavy atom. The van der Waals surface area contributed by atoms with Gasteiger partial charge in [0.1, 0.15) is 12.0 Å². The summed E-state index contributed by atoms with van der Waals surface area (Å²) in [7, 11) is 0. The first-order valence-corrected chi connectivity index (χ1v) is 14.0. The van der Waals surface area contributed by atoms with Crippen LogP contribution in [0.25, 0.3) is 0 Å². The maximum atomic E-state index is 13.3. The lowest BCUT2D eigenvalue weighted by molar-refractivity contribution is -0.134. The average molecular weight is 543 g/mol. The third-order valence-corrected chi connectivity index (χ3v) is 8.06. The van der Waals surface area contributed by atoms with Crippen LogP contribution in [0, 0.1) is 12.8 Å². The first kappa shape index (κ1) is 26.1. The second kappa shape index (κ2) is 10.8. The van der Waals surface area contributed by atoms with E-state index < -0.39 is 0 Å². The van der Waals surface area contributed by atoms with E-state index in [2.05, 4.69) is 36.2 Å². The summed E-state index contributed by atoms with van der Waals surface area (Å²) < 4.78 is 11.6. The number of carbonyl (C=O) groups is 3. The predicted molar refractivity (Wildman–Crippen MR) is 147 cm³/mol. The van der Waals surface area contributed by atoms with Gasteiger partial charge in [-0.15, -0.1) is 0 Å². The molecule has 1 aromatic heterocycles. The van der Waals surface area contributed by atoms with Gasteiger partial charge >= 0.3 is 0 Å². The number of nitrogens with zero attached hydrogens (tertiary/aromatic N) is 4. The molecule has 3 aliphatic rings. The van der Waals surface area contributed by atoms with Crippen molar-refractivity contribution < 1.29 is 23.5 Å². The Bertz CT molecular complexity index is 1440. The first-order valence-electron chi connectivity index (χ1n) is 14.0. The third kappa shape index (κ3) is 5.33. The van der Waals surface area contributed by atoms with Crippen molar-refractivity contribution in [3.63, 3.8) is 0 Å². The van der Waals surface area contributed by atoms with Crippen LogP contribution in [0.4, 0.5) is 0 Å². The van der Waals surface area contributed by atoms with Gasteiger partial charge in [-0.25, -0.2) is 4.98 Å². The highest BCUT2D eigenvalue weighted by Gasteiger charge is 2.39. The molecule has 2 fully saturated rings. The second-order valence-electron chi connectivity index (χ2n) is 10.9. The number of rotatable bonds is 6. The number of carbonyl (C=O) groups excluding carboxylic acids is 3. The normalized spacial score (nSPS) is 18.9. The van der Waals surface area contributed by atoms with Gasteiger partial charge in [-0.3, -0.25) is 14.4 Å². The summed E-state index contributed by atoms with van der Waals surface area (Å²) in [6.07, 6.45) is 4.12. The third-order valence-electron chi connectivity index (χ3n) is 8.06. The van der Waals surface area contributed by atoms with E-state index in [-0.39, 0.29) is 42.0 Å². The molecule has 9 heteroatoms. The number of fused-ring (bicyclic) bond motifs is 1. The van der Waals surface area contributed by atoms with Crippen LogP contribution >= 0.6 is 0 Å². The molecule has 1 aliphatic carbocycles. The Morgan fingerprint density at radius 3 is 2.50 bits per heavy atom. The largest absolute Gasteiger partial charge is 0.484 e. The fourth-order valence-electron chi connectivity index (χ4n) is 5.69. The Kier molecular flexibility index (Phi) is 7.04. The molecule has 0 unspecified atom stereocenters. The Balaban J connectivity index is 1.17. The molecule has 1 saturated heterocycles. The van der Waals surface area contributed by atoms with Crippen LogP contribution in [0.3, 0.4) is 0 Å². The van der Waals surface area contributed by atoms with Crippen molar-refractivity contribution in [1.82, 2.24) is 19.7 Å². The molecular formula is C31H34N4O5. The summed E-state index contributed by atoms with van der Waals surface area (Å²) in [5.41, 5.74) is 4.79. The number of piperazine rings is 1. The van der Waals surface area contributed by atoms with Crippen LogP contribution in [0.1, 0.15) is 64.4 Å². The molecule has 0 bridgehead atoms. The van der Waals surface area contributed by atoms with Crippen molar-refractivity contribution in [3.8, 4) is 5.75 Å². The highest BCUT2D eigenvalue weighted by atomic mass is 16.5. The topological polar surface area (TPSA) is 96.2 Å². The molecule has 0 N–H and O–H groups in total. The quantitative estimate of drug-likeness (QED) is 0.471. The van der Waals surface area contributed by atoms with Gasteiger partial charge in [-0.05, 0) is 55.0 Å². The van der Waals surface area contributed by atoms with Gasteiger partial charge in [0.05, 0.1) is 6.04 Å². The number of ether oxygens (including phenoxy) is 1. The highest BCUT2D eigenvalue weighted by Crippen LogP contribution is 2.41.